The molecular formula is C13H13FN2O2S. The summed E-state index contributed by atoms with van der Waals surface area (Å²) in [5, 5.41) is 3.02. The third-order valence-corrected chi connectivity index (χ3v) is 3.41. The van der Waals surface area contributed by atoms with Crippen molar-refractivity contribution < 1.29 is 12.3 Å². The van der Waals surface area contributed by atoms with Gasteiger partial charge < -0.3 is 11.1 Å². The van der Waals surface area contributed by atoms with Crippen LogP contribution < -0.4 is 11.1 Å². The minimum absolute atomic E-state index is 0.352. The number of rotatable bonds is 4. The Balaban J connectivity index is 2.10. The summed E-state index contributed by atoms with van der Waals surface area (Å²) in [5.41, 5.74) is 7.77. The van der Waals surface area contributed by atoms with Crippen molar-refractivity contribution in [1.82, 2.24) is 0 Å². The van der Waals surface area contributed by atoms with Gasteiger partial charge in [0.1, 0.15) is 4.90 Å². The van der Waals surface area contributed by atoms with Gasteiger partial charge in [0.2, 0.25) is 0 Å². The van der Waals surface area contributed by atoms with E-state index in [4.69, 9.17) is 5.73 Å². The van der Waals surface area contributed by atoms with Crippen molar-refractivity contribution in [2.24, 2.45) is 0 Å². The van der Waals surface area contributed by atoms with Crippen LogP contribution in [-0.4, -0.2) is 8.42 Å². The summed E-state index contributed by atoms with van der Waals surface area (Å²) in [6.45, 7) is 0.496. The Morgan fingerprint density at radius 3 is 2.42 bits per heavy atom. The minimum atomic E-state index is -4.67. The number of nitrogen functional groups attached to an aromatic ring is 1. The van der Waals surface area contributed by atoms with Crippen molar-refractivity contribution >= 4 is 21.6 Å². The lowest BCUT2D eigenvalue weighted by Gasteiger charge is -2.07. The van der Waals surface area contributed by atoms with Crippen LogP contribution in [-0.2, 0) is 16.8 Å². The van der Waals surface area contributed by atoms with E-state index in [2.05, 4.69) is 5.32 Å². The van der Waals surface area contributed by atoms with Crippen LogP contribution in [0, 0.1) is 0 Å². The fourth-order valence-corrected chi connectivity index (χ4v) is 2.11. The van der Waals surface area contributed by atoms with Crippen molar-refractivity contribution in [3.63, 3.8) is 0 Å². The van der Waals surface area contributed by atoms with E-state index in [9.17, 15) is 12.3 Å². The van der Waals surface area contributed by atoms with Gasteiger partial charge in [-0.2, -0.15) is 8.42 Å². The SMILES string of the molecule is Nc1ccc(CNc2cccc(S(=O)(=O)F)c2)cc1. The number of nitrogens with one attached hydrogen (secondary N) is 1. The number of hydrogen-bond donors (Lipinski definition) is 2. The molecule has 19 heavy (non-hydrogen) atoms. The maximum atomic E-state index is 12.8. The molecule has 0 aliphatic heterocycles. The molecular weight excluding hydrogens is 267 g/mol. The highest BCUT2D eigenvalue weighted by Crippen LogP contribution is 2.18. The van der Waals surface area contributed by atoms with E-state index in [1.54, 1.807) is 18.2 Å². The van der Waals surface area contributed by atoms with Crippen LogP contribution in [0.1, 0.15) is 5.56 Å². The van der Waals surface area contributed by atoms with Gasteiger partial charge in [-0.15, -0.1) is 3.89 Å². The summed E-state index contributed by atoms with van der Waals surface area (Å²) >= 11 is 0. The molecule has 6 heteroatoms. The summed E-state index contributed by atoms with van der Waals surface area (Å²) in [7, 11) is -4.67. The Kier molecular flexibility index (Phi) is 3.71. The van der Waals surface area contributed by atoms with Gasteiger partial charge in [-0.05, 0) is 35.9 Å². The van der Waals surface area contributed by atoms with Crippen LogP contribution in [0.2, 0.25) is 0 Å². The van der Waals surface area contributed by atoms with E-state index < -0.39 is 10.2 Å². The summed E-state index contributed by atoms with van der Waals surface area (Å²) in [5.74, 6) is 0. The molecule has 0 aliphatic carbocycles. The lowest BCUT2D eigenvalue weighted by molar-refractivity contribution is 0.552. The lowest BCUT2D eigenvalue weighted by Crippen LogP contribution is -2.01. The first-order chi connectivity index (χ1) is 8.95. The molecule has 2 aromatic rings. The van der Waals surface area contributed by atoms with E-state index >= 15 is 0 Å². The highest BCUT2D eigenvalue weighted by Gasteiger charge is 2.11. The Labute approximate surface area is 111 Å². The van der Waals surface area contributed by atoms with E-state index in [1.165, 1.54) is 18.2 Å². The van der Waals surface area contributed by atoms with Gasteiger partial charge >= 0.3 is 10.2 Å². The van der Waals surface area contributed by atoms with Gasteiger partial charge in [0.05, 0.1) is 0 Å². The lowest BCUT2D eigenvalue weighted by atomic mass is 10.2. The van der Waals surface area contributed by atoms with E-state index in [0.29, 0.717) is 17.9 Å². The molecule has 2 aromatic carbocycles. The average molecular weight is 280 g/mol. The zero-order valence-electron chi connectivity index (χ0n) is 10.0. The second-order valence-corrected chi connectivity index (χ2v) is 5.41. The van der Waals surface area contributed by atoms with Crippen LogP contribution in [0.25, 0.3) is 0 Å². The number of anilines is 2. The number of hydrogen-bond acceptors (Lipinski definition) is 4. The van der Waals surface area contributed by atoms with Gasteiger partial charge in [-0.3, -0.25) is 0 Å². The quantitative estimate of drug-likeness (QED) is 0.667. The van der Waals surface area contributed by atoms with Gasteiger partial charge in [-0.25, -0.2) is 0 Å². The highest BCUT2D eigenvalue weighted by molar-refractivity contribution is 7.86. The molecule has 3 N–H and O–H groups in total. The Morgan fingerprint density at radius 2 is 1.79 bits per heavy atom. The third kappa shape index (κ3) is 3.69. The monoisotopic (exact) mass is 280 g/mol. The zero-order chi connectivity index (χ0) is 13.9. The molecule has 0 unspecified atom stereocenters. The van der Waals surface area contributed by atoms with Crippen LogP contribution >= 0.6 is 0 Å². The molecule has 0 saturated carbocycles. The van der Waals surface area contributed by atoms with Crippen LogP contribution in [0.5, 0.6) is 0 Å². The second-order valence-electron chi connectivity index (χ2n) is 4.06. The molecule has 0 aromatic heterocycles. The summed E-state index contributed by atoms with van der Waals surface area (Å²) in [4.78, 5) is -0.352. The molecule has 0 amide bonds. The second kappa shape index (κ2) is 5.27. The predicted octanol–water partition coefficient (Wildman–Crippen LogP) is 2.54. The first-order valence-corrected chi connectivity index (χ1v) is 6.96. The largest absolute Gasteiger partial charge is 0.399 e. The Hall–Kier alpha value is -2.08. The maximum Gasteiger partial charge on any atom is 0.332 e. The van der Waals surface area contributed by atoms with Gasteiger partial charge in [0.15, 0.2) is 0 Å². The van der Waals surface area contributed by atoms with E-state index in [1.807, 2.05) is 12.1 Å². The Bertz CT molecular complexity index is 669. The third-order valence-electron chi connectivity index (χ3n) is 2.59. The molecule has 0 radical (unpaired) electrons. The van der Waals surface area contributed by atoms with Gasteiger partial charge in [0, 0.05) is 17.9 Å². The molecule has 100 valence electrons. The van der Waals surface area contributed by atoms with Gasteiger partial charge in [-0.1, -0.05) is 18.2 Å². The van der Waals surface area contributed by atoms with Crippen molar-refractivity contribution in [3.8, 4) is 0 Å². The van der Waals surface area contributed by atoms with E-state index in [0.717, 1.165) is 5.56 Å². The summed E-state index contributed by atoms with van der Waals surface area (Å²) in [6, 6.07) is 12.9. The summed E-state index contributed by atoms with van der Waals surface area (Å²) in [6.07, 6.45) is 0. The molecule has 2 rings (SSSR count). The molecule has 4 nitrogen and oxygen atoms in total. The fourth-order valence-electron chi connectivity index (χ4n) is 1.60. The molecule has 0 heterocycles. The smallest absolute Gasteiger partial charge is 0.332 e. The van der Waals surface area contributed by atoms with Crippen LogP contribution in [0.15, 0.2) is 53.4 Å². The van der Waals surface area contributed by atoms with Crippen molar-refractivity contribution in [1.29, 1.82) is 0 Å². The standard InChI is InChI=1S/C13H13FN2O2S/c14-19(17,18)13-3-1-2-12(8-13)16-9-10-4-6-11(15)7-5-10/h1-8,16H,9,15H2. The maximum absolute atomic E-state index is 12.8. The molecule has 0 spiro atoms. The first-order valence-electron chi connectivity index (χ1n) is 5.58. The Morgan fingerprint density at radius 1 is 1.11 bits per heavy atom. The minimum Gasteiger partial charge on any atom is -0.399 e. The molecule has 0 fully saturated rings. The van der Waals surface area contributed by atoms with Crippen molar-refractivity contribution in [3.05, 3.63) is 54.1 Å². The molecule has 0 saturated heterocycles. The number of halogens is 1. The van der Waals surface area contributed by atoms with Crippen molar-refractivity contribution in [2.45, 2.75) is 11.4 Å². The molecule has 0 atom stereocenters. The normalized spacial score (nSPS) is 11.2. The number of benzene rings is 2. The topological polar surface area (TPSA) is 72.2 Å². The van der Waals surface area contributed by atoms with Crippen LogP contribution in [0.4, 0.5) is 15.3 Å². The zero-order valence-corrected chi connectivity index (χ0v) is 10.8. The highest BCUT2D eigenvalue weighted by atomic mass is 32.3. The van der Waals surface area contributed by atoms with E-state index in [-0.39, 0.29) is 4.90 Å². The molecule has 0 bridgehead atoms. The van der Waals surface area contributed by atoms with Crippen molar-refractivity contribution in [2.75, 3.05) is 11.1 Å². The first kappa shape index (κ1) is 13.4. The number of nitrogens with two attached hydrogens (primary N) is 1. The average Bonchev–Trinajstić information content (AvgIpc) is 2.37. The van der Waals surface area contributed by atoms with Crippen LogP contribution in [0.3, 0.4) is 0 Å². The molecule has 0 aliphatic rings. The van der Waals surface area contributed by atoms with Gasteiger partial charge in [0.25, 0.3) is 0 Å². The summed E-state index contributed by atoms with van der Waals surface area (Å²) < 4.78 is 34.4. The predicted molar refractivity (Wildman–Crippen MR) is 72.9 cm³/mol. The fraction of sp³-hybridized carbons (Fsp3) is 0.0769.